The number of aromatic nitrogens is 3. The molecule has 158 valence electrons. The maximum absolute atomic E-state index is 12.4. The fourth-order valence-electron chi connectivity index (χ4n) is 3.79. The van der Waals surface area contributed by atoms with Crippen molar-refractivity contribution < 1.29 is 24.5 Å². The smallest absolute Gasteiger partial charge is 0.249 e. The van der Waals surface area contributed by atoms with E-state index in [1.165, 1.54) is 12.1 Å². The third-order valence-corrected chi connectivity index (χ3v) is 6.25. The molecule has 10 heteroatoms. The molecule has 2 fully saturated rings. The Labute approximate surface area is 180 Å². The molecule has 2 aromatic rings. The summed E-state index contributed by atoms with van der Waals surface area (Å²) < 4.78 is 89.3. The minimum atomic E-state index is -5.09. The molecular weight excluding hydrogens is 394 g/mol. The van der Waals surface area contributed by atoms with Gasteiger partial charge in [-0.2, -0.15) is 4.98 Å². The zero-order valence-corrected chi connectivity index (χ0v) is 16.5. The van der Waals surface area contributed by atoms with Gasteiger partial charge in [0.15, 0.2) is 0 Å². The molecule has 3 N–H and O–H groups in total. The minimum absolute atomic E-state index is 0.0230. The van der Waals surface area contributed by atoms with Gasteiger partial charge in [0.05, 0.1) is 18.8 Å². The van der Waals surface area contributed by atoms with E-state index in [1.807, 2.05) is 0 Å². The normalized spacial score (nSPS) is 35.9. The van der Waals surface area contributed by atoms with Gasteiger partial charge in [0.25, 0.3) is 0 Å². The van der Waals surface area contributed by atoms with Crippen LogP contribution < -0.4 is 10.9 Å². The van der Waals surface area contributed by atoms with E-state index in [-0.39, 0.29) is 9.95 Å². The van der Waals surface area contributed by atoms with Crippen molar-refractivity contribution in [2.75, 3.05) is 24.6 Å². The maximum atomic E-state index is 12.4. The molecule has 1 saturated carbocycles. The number of hydrogen-bond donors (Lipinski definition) is 3. The summed E-state index contributed by atoms with van der Waals surface area (Å²) in [6, 6.07) is -0.135. The van der Waals surface area contributed by atoms with E-state index in [0.29, 0.717) is 30.3 Å². The molecule has 0 bridgehead atoms. The first kappa shape index (κ1) is 12.6. The van der Waals surface area contributed by atoms with E-state index in [0.717, 1.165) is 0 Å². The van der Waals surface area contributed by atoms with E-state index in [9.17, 15) is 18.3 Å². The fourth-order valence-corrected chi connectivity index (χ4v) is 4.26. The standard InChI is InChI=1S/C19H27N5O4S/c1-19(26)9-3-4-14(19)16-13-5-6-15(25)21-17(13)23-18(22-16)20-12-7-10-24(11-8-12)29(2,27)28/h5-6,12,14,26H,3-4,7-11H2,1-2H3,(H2,20,21,22,23,25)/t14-,19-/m1/s1/i2D3,7D2,8D2,12D. The predicted molar refractivity (Wildman–Crippen MR) is 110 cm³/mol. The molecule has 29 heavy (non-hydrogen) atoms. The number of sulfonamides is 1. The second-order valence-corrected chi connectivity index (χ2v) is 8.91. The Bertz CT molecular complexity index is 1380. The largest absolute Gasteiger partial charge is 0.389 e. The Hall–Kier alpha value is -2.04. The third kappa shape index (κ3) is 4.15. The highest BCUT2D eigenvalue weighted by molar-refractivity contribution is 7.88. The minimum Gasteiger partial charge on any atom is -0.389 e. The monoisotopic (exact) mass is 429 g/mol. The molecule has 1 aliphatic heterocycles. The molecule has 0 radical (unpaired) electrons. The zero-order valence-electron chi connectivity index (χ0n) is 23.7. The molecule has 2 aromatic heterocycles. The molecule has 2 atom stereocenters. The van der Waals surface area contributed by atoms with Crippen LogP contribution in [0.4, 0.5) is 5.95 Å². The van der Waals surface area contributed by atoms with Crippen LogP contribution in [0.15, 0.2) is 16.9 Å². The third-order valence-electron chi connectivity index (χ3n) is 5.32. The van der Waals surface area contributed by atoms with Crippen molar-refractivity contribution in [3.63, 3.8) is 0 Å². The second-order valence-electron chi connectivity index (χ2n) is 7.45. The number of nitrogens with zero attached hydrogens (tertiary/aromatic N) is 3. The molecule has 4 rings (SSSR count). The molecule has 1 saturated heterocycles. The molecule has 9 nitrogen and oxygen atoms in total. The summed E-state index contributed by atoms with van der Waals surface area (Å²) in [5, 5.41) is 13.7. The van der Waals surface area contributed by atoms with Crippen molar-refractivity contribution in [2.45, 2.75) is 56.5 Å². The van der Waals surface area contributed by atoms with Gasteiger partial charge in [-0.15, -0.1) is 0 Å². The number of fused-ring (bicyclic) bond motifs is 1. The first-order valence-corrected chi connectivity index (χ1v) is 10.6. The number of piperidine rings is 1. The summed E-state index contributed by atoms with van der Waals surface area (Å²) in [4.78, 5) is 23.1. The summed E-state index contributed by atoms with van der Waals surface area (Å²) in [7, 11) is -5.09. The van der Waals surface area contributed by atoms with Gasteiger partial charge < -0.3 is 15.4 Å². The van der Waals surface area contributed by atoms with Crippen LogP contribution in [0, 0.1) is 0 Å². The summed E-state index contributed by atoms with van der Waals surface area (Å²) in [5.41, 5.74) is -1.31. The lowest BCUT2D eigenvalue weighted by molar-refractivity contribution is 0.0489. The average Bonchev–Trinajstić information content (AvgIpc) is 3.08. The number of nitrogens with one attached hydrogen (secondary N) is 2. The van der Waals surface area contributed by atoms with E-state index < -0.39 is 71.1 Å². The summed E-state index contributed by atoms with van der Waals surface area (Å²) >= 11 is 0. The molecule has 0 spiro atoms. The van der Waals surface area contributed by atoms with Crippen LogP contribution in [-0.2, 0) is 10.0 Å². The van der Waals surface area contributed by atoms with E-state index in [4.69, 9.17) is 11.0 Å². The van der Waals surface area contributed by atoms with E-state index in [1.54, 1.807) is 6.92 Å². The van der Waals surface area contributed by atoms with Crippen molar-refractivity contribution in [1.29, 1.82) is 0 Å². The molecule has 2 aliphatic rings. The Morgan fingerprint density at radius 2 is 2.17 bits per heavy atom. The van der Waals surface area contributed by atoms with E-state index >= 15 is 0 Å². The number of rotatable bonds is 4. The number of pyridine rings is 1. The predicted octanol–water partition coefficient (Wildman–Crippen LogP) is 1.17. The lowest BCUT2D eigenvalue weighted by Crippen LogP contribution is -2.42. The van der Waals surface area contributed by atoms with E-state index in [2.05, 4.69) is 20.3 Å². The van der Waals surface area contributed by atoms with Gasteiger partial charge in [0, 0.05) is 46.1 Å². The average molecular weight is 430 g/mol. The summed E-state index contributed by atoms with van der Waals surface area (Å²) in [6.45, 7) is -0.585. The first-order chi connectivity index (χ1) is 16.7. The molecule has 0 aromatic carbocycles. The molecular formula is C19H27N5O4S. The second kappa shape index (κ2) is 7.33. The highest BCUT2D eigenvalue weighted by Crippen LogP contribution is 2.43. The van der Waals surface area contributed by atoms with Crippen LogP contribution in [0.1, 0.15) is 61.5 Å². The van der Waals surface area contributed by atoms with Crippen LogP contribution in [0.25, 0.3) is 11.0 Å². The molecule has 3 heterocycles. The molecule has 0 unspecified atom stereocenters. The van der Waals surface area contributed by atoms with Crippen molar-refractivity contribution in [3.8, 4) is 0 Å². The van der Waals surface area contributed by atoms with Gasteiger partial charge in [-0.3, -0.25) is 4.79 Å². The van der Waals surface area contributed by atoms with Gasteiger partial charge >= 0.3 is 0 Å². The van der Waals surface area contributed by atoms with Gasteiger partial charge in [-0.25, -0.2) is 17.7 Å². The summed E-state index contributed by atoms with van der Waals surface area (Å²) in [6.07, 6.45) is -7.75. The maximum Gasteiger partial charge on any atom is 0.249 e. The Morgan fingerprint density at radius 3 is 2.83 bits per heavy atom. The highest BCUT2D eigenvalue weighted by atomic mass is 32.2. The zero-order chi connectivity index (χ0) is 27.8. The van der Waals surface area contributed by atoms with Crippen LogP contribution in [0.3, 0.4) is 0 Å². The first-order valence-electron chi connectivity index (χ1n) is 13.1. The lowest BCUT2D eigenvalue weighted by Gasteiger charge is -2.31. The molecule has 0 amide bonds. The fraction of sp³-hybridized carbons (Fsp3) is 0.632. The van der Waals surface area contributed by atoms with Crippen molar-refractivity contribution in [3.05, 3.63) is 28.2 Å². The van der Waals surface area contributed by atoms with Crippen LogP contribution >= 0.6 is 0 Å². The number of hydrogen-bond acceptors (Lipinski definition) is 7. The Balaban J connectivity index is 1.81. The lowest BCUT2D eigenvalue weighted by atomic mass is 9.88. The van der Waals surface area contributed by atoms with Crippen molar-refractivity contribution >= 4 is 27.0 Å². The highest BCUT2D eigenvalue weighted by Gasteiger charge is 2.40. The molecule has 1 aliphatic carbocycles. The van der Waals surface area contributed by atoms with Gasteiger partial charge in [0.2, 0.25) is 21.5 Å². The quantitative estimate of drug-likeness (QED) is 0.665. The van der Waals surface area contributed by atoms with Gasteiger partial charge in [-0.1, -0.05) is 0 Å². The Morgan fingerprint density at radius 1 is 1.41 bits per heavy atom. The number of aromatic amines is 1. The van der Waals surface area contributed by atoms with Crippen molar-refractivity contribution in [2.24, 2.45) is 0 Å². The van der Waals surface area contributed by atoms with Gasteiger partial charge in [-0.05, 0) is 45.0 Å². The number of aliphatic hydroxyl groups is 1. The summed E-state index contributed by atoms with van der Waals surface area (Å²) in [5.74, 6) is -0.909. The van der Waals surface area contributed by atoms with Gasteiger partial charge in [0.1, 0.15) is 5.65 Å². The number of H-pyrrole nitrogens is 1. The topological polar surface area (TPSA) is 128 Å². The van der Waals surface area contributed by atoms with Crippen LogP contribution in [0.5, 0.6) is 0 Å². The SMILES string of the molecule is [2H]C1([2H])CN(S(=O)(=O)C([2H])([2H])[2H])CC([2H])([2H])C1([2H])Nc1nc([C@H]2CCC[C@@]2(C)O)c2ccc(=O)[nH]c2n1. The Kier molecular flexibility index (Phi) is 3.19. The van der Waals surface area contributed by atoms with Crippen molar-refractivity contribution in [1.82, 2.24) is 19.3 Å². The number of anilines is 1. The van der Waals surface area contributed by atoms with Crippen LogP contribution in [0.2, 0.25) is 0 Å². The van der Waals surface area contributed by atoms with Crippen LogP contribution in [-0.4, -0.2) is 63.7 Å².